The number of pyridine rings is 1. The Morgan fingerprint density at radius 3 is 2.70 bits per heavy atom. The lowest BCUT2D eigenvalue weighted by molar-refractivity contribution is -0.114. The van der Waals surface area contributed by atoms with Gasteiger partial charge in [0.05, 0.1) is 0 Å². The van der Waals surface area contributed by atoms with Gasteiger partial charge in [-0.1, -0.05) is 12.1 Å². The standard InChI is InChI=1S/C16H19N3O/c1-12(18-11-14-6-8-17-9-7-14)15-4-3-5-16(10-15)19-13(2)20/h3-10,12,18H,11H2,1-2H3,(H,19,20)/t12-/m1/s1. The molecule has 4 nitrogen and oxygen atoms in total. The maximum Gasteiger partial charge on any atom is 0.221 e. The second-order valence-corrected chi connectivity index (χ2v) is 4.76. The second kappa shape index (κ2) is 6.82. The van der Waals surface area contributed by atoms with E-state index in [0.717, 1.165) is 17.8 Å². The predicted molar refractivity (Wildman–Crippen MR) is 80.2 cm³/mol. The molecule has 0 radical (unpaired) electrons. The predicted octanol–water partition coefficient (Wildman–Crippen LogP) is 2.89. The van der Waals surface area contributed by atoms with Crippen molar-refractivity contribution in [3.8, 4) is 0 Å². The zero-order chi connectivity index (χ0) is 14.4. The van der Waals surface area contributed by atoms with Gasteiger partial charge in [-0.2, -0.15) is 0 Å². The first kappa shape index (κ1) is 14.2. The van der Waals surface area contributed by atoms with Gasteiger partial charge in [-0.05, 0) is 42.3 Å². The summed E-state index contributed by atoms with van der Waals surface area (Å²) in [5.41, 5.74) is 3.17. The van der Waals surface area contributed by atoms with Crippen LogP contribution in [0.2, 0.25) is 0 Å². The number of nitrogens with one attached hydrogen (secondary N) is 2. The number of hydrogen-bond acceptors (Lipinski definition) is 3. The molecule has 0 aliphatic rings. The summed E-state index contributed by atoms with van der Waals surface area (Å²) in [4.78, 5) is 15.1. The first-order chi connectivity index (χ1) is 9.65. The van der Waals surface area contributed by atoms with Crippen LogP contribution in [0.15, 0.2) is 48.8 Å². The molecule has 1 aromatic heterocycles. The molecule has 1 aromatic carbocycles. The van der Waals surface area contributed by atoms with E-state index < -0.39 is 0 Å². The Kier molecular flexibility index (Phi) is 4.85. The molecule has 1 heterocycles. The van der Waals surface area contributed by atoms with E-state index >= 15 is 0 Å². The average Bonchev–Trinajstić information content (AvgIpc) is 2.45. The molecule has 104 valence electrons. The number of anilines is 1. The maximum absolute atomic E-state index is 11.1. The summed E-state index contributed by atoms with van der Waals surface area (Å²) in [5.74, 6) is -0.0560. The Morgan fingerprint density at radius 2 is 2.00 bits per heavy atom. The average molecular weight is 269 g/mol. The molecule has 2 rings (SSSR count). The summed E-state index contributed by atoms with van der Waals surface area (Å²) in [6.07, 6.45) is 3.58. The second-order valence-electron chi connectivity index (χ2n) is 4.76. The molecular weight excluding hydrogens is 250 g/mol. The molecule has 1 amide bonds. The molecule has 0 spiro atoms. The van der Waals surface area contributed by atoms with Gasteiger partial charge in [0.15, 0.2) is 0 Å². The molecule has 1 atom stereocenters. The first-order valence-electron chi connectivity index (χ1n) is 6.65. The molecule has 0 aliphatic carbocycles. The highest BCUT2D eigenvalue weighted by molar-refractivity contribution is 5.88. The third-order valence-corrected chi connectivity index (χ3v) is 3.07. The van der Waals surface area contributed by atoms with Crippen LogP contribution in [-0.2, 0) is 11.3 Å². The number of hydrogen-bond donors (Lipinski definition) is 2. The zero-order valence-corrected chi connectivity index (χ0v) is 11.8. The van der Waals surface area contributed by atoms with E-state index in [0.29, 0.717) is 0 Å². The number of rotatable bonds is 5. The van der Waals surface area contributed by atoms with Gasteiger partial charge in [0, 0.05) is 37.6 Å². The van der Waals surface area contributed by atoms with Crippen molar-refractivity contribution in [3.63, 3.8) is 0 Å². The Hall–Kier alpha value is -2.20. The van der Waals surface area contributed by atoms with Crippen molar-refractivity contribution in [2.75, 3.05) is 5.32 Å². The number of carbonyl (C=O) groups excluding carboxylic acids is 1. The lowest BCUT2D eigenvalue weighted by Crippen LogP contribution is -2.18. The van der Waals surface area contributed by atoms with E-state index in [1.807, 2.05) is 30.3 Å². The molecule has 0 saturated carbocycles. The maximum atomic E-state index is 11.1. The van der Waals surface area contributed by atoms with Crippen LogP contribution in [0.3, 0.4) is 0 Å². The minimum atomic E-state index is -0.0560. The summed E-state index contributed by atoms with van der Waals surface area (Å²) >= 11 is 0. The minimum Gasteiger partial charge on any atom is -0.326 e. The Morgan fingerprint density at radius 1 is 1.25 bits per heavy atom. The van der Waals surface area contributed by atoms with Crippen molar-refractivity contribution in [2.45, 2.75) is 26.4 Å². The molecule has 4 heteroatoms. The van der Waals surface area contributed by atoms with E-state index in [9.17, 15) is 4.79 Å². The molecular formula is C16H19N3O. The topological polar surface area (TPSA) is 54.0 Å². The van der Waals surface area contributed by atoms with E-state index in [1.54, 1.807) is 12.4 Å². The van der Waals surface area contributed by atoms with Gasteiger partial charge in [0.2, 0.25) is 5.91 Å². The van der Waals surface area contributed by atoms with Crippen molar-refractivity contribution in [2.24, 2.45) is 0 Å². The van der Waals surface area contributed by atoms with Gasteiger partial charge in [-0.15, -0.1) is 0 Å². The van der Waals surface area contributed by atoms with Crippen molar-refractivity contribution < 1.29 is 4.79 Å². The first-order valence-corrected chi connectivity index (χ1v) is 6.65. The summed E-state index contributed by atoms with van der Waals surface area (Å²) in [7, 11) is 0. The van der Waals surface area contributed by atoms with E-state index in [1.165, 1.54) is 12.5 Å². The van der Waals surface area contributed by atoms with Crippen LogP contribution in [-0.4, -0.2) is 10.9 Å². The van der Waals surface area contributed by atoms with Crippen LogP contribution < -0.4 is 10.6 Å². The van der Waals surface area contributed by atoms with Crippen molar-refractivity contribution in [1.29, 1.82) is 0 Å². The summed E-state index contributed by atoms with van der Waals surface area (Å²) < 4.78 is 0. The van der Waals surface area contributed by atoms with Gasteiger partial charge in [0.25, 0.3) is 0 Å². The molecule has 0 bridgehead atoms. The highest BCUT2D eigenvalue weighted by atomic mass is 16.1. The summed E-state index contributed by atoms with van der Waals surface area (Å²) in [6.45, 7) is 4.40. The van der Waals surface area contributed by atoms with Gasteiger partial charge in [-0.3, -0.25) is 9.78 Å². The summed E-state index contributed by atoms with van der Waals surface area (Å²) in [5, 5.41) is 6.25. The largest absolute Gasteiger partial charge is 0.326 e. The van der Waals surface area contributed by atoms with Gasteiger partial charge >= 0.3 is 0 Å². The zero-order valence-electron chi connectivity index (χ0n) is 11.8. The number of amides is 1. The lowest BCUT2D eigenvalue weighted by Gasteiger charge is -2.15. The number of aromatic nitrogens is 1. The number of benzene rings is 1. The third kappa shape index (κ3) is 4.17. The molecule has 0 saturated heterocycles. The number of carbonyl (C=O) groups is 1. The molecule has 2 aromatic rings. The van der Waals surface area contributed by atoms with Crippen molar-refractivity contribution in [1.82, 2.24) is 10.3 Å². The fourth-order valence-corrected chi connectivity index (χ4v) is 1.98. The quantitative estimate of drug-likeness (QED) is 0.877. The third-order valence-electron chi connectivity index (χ3n) is 3.07. The van der Waals surface area contributed by atoms with Gasteiger partial charge in [0.1, 0.15) is 0 Å². The van der Waals surface area contributed by atoms with Crippen molar-refractivity contribution in [3.05, 3.63) is 59.9 Å². The Bertz CT molecular complexity index is 569. The van der Waals surface area contributed by atoms with Gasteiger partial charge < -0.3 is 10.6 Å². The highest BCUT2D eigenvalue weighted by Crippen LogP contribution is 2.17. The fourth-order valence-electron chi connectivity index (χ4n) is 1.98. The van der Waals surface area contributed by atoms with E-state index in [-0.39, 0.29) is 11.9 Å². The summed E-state index contributed by atoms with van der Waals surface area (Å²) in [6, 6.07) is 12.1. The van der Waals surface area contributed by atoms with Crippen LogP contribution >= 0.6 is 0 Å². The van der Waals surface area contributed by atoms with Crippen molar-refractivity contribution >= 4 is 11.6 Å². The van der Waals surface area contributed by atoms with Crippen LogP contribution in [0.5, 0.6) is 0 Å². The van der Waals surface area contributed by atoms with Crippen LogP contribution in [0.25, 0.3) is 0 Å². The minimum absolute atomic E-state index is 0.0560. The fraction of sp³-hybridized carbons (Fsp3) is 0.250. The Labute approximate surface area is 119 Å². The van der Waals surface area contributed by atoms with Crippen LogP contribution in [0.4, 0.5) is 5.69 Å². The monoisotopic (exact) mass is 269 g/mol. The van der Waals surface area contributed by atoms with E-state index in [4.69, 9.17) is 0 Å². The van der Waals surface area contributed by atoms with Gasteiger partial charge in [-0.25, -0.2) is 0 Å². The highest BCUT2D eigenvalue weighted by Gasteiger charge is 2.06. The van der Waals surface area contributed by atoms with Crippen LogP contribution in [0.1, 0.15) is 31.0 Å². The Balaban J connectivity index is 1.98. The molecule has 2 N–H and O–H groups in total. The normalized spacial score (nSPS) is 11.9. The van der Waals surface area contributed by atoms with Crippen LogP contribution in [0, 0.1) is 0 Å². The van der Waals surface area contributed by atoms with E-state index in [2.05, 4.69) is 28.6 Å². The molecule has 0 fully saturated rings. The number of nitrogens with zero attached hydrogens (tertiary/aromatic N) is 1. The molecule has 0 unspecified atom stereocenters. The molecule has 0 aliphatic heterocycles. The molecule has 20 heavy (non-hydrogen) atoms. The smallest absolute Gasteiger partial charge is 0.221 e. The SMILES string of the molecule is CC(=O)Nc1cccc([C@@H](C)NCc2ccncc2)c1. The lowest BCUT2D eigenvalue weighted by atomic mass is 10.1.